The minimum Gasteiger partial charge on any atom is -0.382 e. The third-order valence-corrected chi connectivity index (χ3v) is 4.49. The summed E-state index contributed by atoms with van der Waals surface area (Å²) in [7, 11) is 1.60. The van der Waals surface area contributed by atoms with Gasteiger partial charge >= 0.3 is 0 Å². The molecule has 1 aliphatic rings. The molecule has 3 rings (SSSR count). The number of methoxy groups -OCH3 is 1. The molecule has 0 bridgehead atoms. The van der Waals surface area contributed by atoms with Gasteiger partial charge in [0.1, 0.15) is 5.69 Å². The predicted octanol–water partition coefficient (Wildman–Crippen LogP) is 3.07. The van der Waals surface area contributed by atoms with Gasteiger partial charge in [-0.1, -0.05) is 30.3 Å². The van der Waals surface area contributed by atoms with Crippen LogP contribution in [0.4, 0.5) is 11.4 Å². The Kier molecular flexibility index (Phi) is 5.83. The zero-order chi connectivity index (χ0) is 19.4. The maximum Gasteiger partial charge on any atom is 0.293 e. The fourth-order valence-electron chi connectivity index (χ4n) is 3.35. The highest BCUT2D eigenvalue weighted by Crippen LogP contribution is 2.32. The number of nitro benzene ring substituents is 1. The molecule has 2 aromatic carbocycles. The zero-order valence-electron chi connectivity index (χ0n) is 15.3. The fraction of sp³-hybridized carbons (Fsp3) is 0.350. The topological polar surface area (TPSA) is 81.9 Å². The van der Waals surface area contributed by atoms with Crippen molar-refractivity contribution in [2.45, 2.75) is 19.1 Å². The maximum absolute atomic E-state index is 12.6. The molecule has 0 aromatic heterocycles. The van der Waals surface area contributed by atoms with Gasteiger partial charge in [0, 0.05) is 37.4 Å². The number of nitro groups is 1. The molecule has 1 heterocycles. The van der Waals surface area contributed by atoms with Crippen LogP contribution in [0.15, 0.2) is 48.5 Å². The fourth-order valence-corrected chi connectivity index (χ4v) is 3.35. The van der Waals surface area contributed by atoms with E-state index in [-0.39, 0.29) is 23.7 Å². The van der Waals surface area contributed by atoms with E-state index in [4.69, 9.17) is 9.47 Å². The molecule has 0 amide bonds. The Bertz CT molecular complexity index is 824. The number of ketones is 1. The van der Waals surface area contributed by atoms with Crippen LogP contribution in [0.3, 0.4) is 0 Å². The Balaban J connectivity index is 1.92. The molecule has 2 aromatic rings. The molecule has 142 valence electrons. The van der Waals surface area contributed by atoms with E-state index in [0.717, 1.165) is 0 Å². The summed E-state index contributed by atoms with van der Waals surface area (Å²) >= 11 is 0. The highest BCUT2D eigenvalue weighted by molar-refractivity contribution is 6.09. The number of nitrogens with zero attached hydrogens (tertiary/aromatic N) is 2. The van der Waals surface area contributed by atoms with Gasteiger partial charge in [0.15, 0.2) is 5.78 Å². The summed E-state index contributed by atoms with van der Waals surface area (Å²) < 4.78 is 11.0. The molecule has 1 fully saturated rings. The van der Waals surface area contributed by atoms with Crippen LogP contribution in [-0.4, -0.2) is 49.7 Å². The van der Waals surface area contributed by atoms with Gasteiger partial charge in [-0.15, -0.1) is 0 Å². The number of morpholine rings is 1. The summed E-state index contributed by atoms with van der Waals surface area (Å²) in [5, 5.41) is 11.7. The number of hydrogen-bond donors (Lipinski definition) is 0. The van der Waals surface area contributed by atoms with Crippen molar-refractivity contribution in [2.75, 3.05) is 31.7 Å². The predicted molar refractivity (Wildman–Crippen MR) is 101 cm³/mol. The third-order valence-electron chi connectivity index (χ3n) is 4.49. The number of anilines is 1. The summed E-state index contributed by atoms with van der Waals surface area (Å²) in [6, 6.07) is 13.4. The van der Waals surface area contributed by atoms with Crippen LogP contribution in [0.25, 0.3) is 0 Å². The number of hydrogen-bond acceptors (Lipinski definition) is 6. The van der Waals surface area contributed by atoms with Crippen molar-refractivity contribution in [1.29, 1.82) is 0 Å². The second-order valence-electron chi connectivity index (χ2n) is 6.58. The molecule has 7 nitrogen and oxygen atoms in total. The lowest BCUT2D eigenvalue weighted by atomic mass is 10.0. The van der Waals surface area contributed by atoms with Crippen molar-refractivity contribution < 1.29 is 19.2 Å². The van der Waals surface area contributed by atoms with E-state index in [1.807, 2.05) is 17.9 Å². The van der Waals surface area contributed by atoms with E-state index in [1.54, 1.807) is 43.5 Å². The van der Waals surface area contributed by atoms with Crippen molar-refractivity contribution >= 4 is 17.2 Å². The summed E-state index contributed by atoms with van der Waals surface area (Å²) in [5.41, 5.74) is 1.20. The normalized spacial score (nSPS) is 19.7. The second kappa shape index (κ2) is 8.28. The van der Waals surface area contributed by atoms with Gasteiger partial charge in [-0.3, -0.25) is 14.9 Å². The average Bonchev–Trinajstić information content (AvgIpc) is 2.67. The molecule has 0 spiro atoms. The molecular weight excluding hydrogens is 348 g/mol. The van der Waals surface area contributed by atoms with E-state index in [1.165, 1.54) is 6.07 Å². The first-order valence-corrected chi connectivity index (χ1v) is 8.77. The largest absolute Gasteiger partial charge is 0.382 e. The lowest BCUT2D eigenvalue weighted by molar-refractivity contribution is -0.384. The zero-order valence-corrected chi connectivity index (χ0v) is 15.3. The van der Waals surface area contributed by atoms with Gasteiger partial charge in [0.05, 0.1) is 23.7 Å². The first kappa shape index (κ1) is 19.0. The minimum absolute atomic E-state index is 0.0795. The van der Waals surface area contributed by atoms with Crippen molar-refractivity contribution in [3.8, 4) is 0 Å². The first-order valence-electron chi connectivity index (χ1n) is 8.77. The molecule has 7 heteroatoms. The van der Waals surface area contributed by atoms with E-state index >= 15 is 0 Å². The first-order chi connectivity index (χ1) is 13.0. The lowest BCUT2D eigenvalue weighted by Gasteiger charge is -2.37. The second-order valence-corrected chi connectivity index (χ2v) is 6.58. The van der Waals surface area contributed by atoms with Gasteiger partial charge in [-0.2, -0.15) is 0 Å². The molecule has 1 saturated heterocycles. The molecular formula is C20H22N2O5. The highest BCUT2D eigenvalue weighted by atomic mass is 16.6. The van der Waals surface area contributed by atoms with E-state index in [9.17, 15) is 14.9 Å². The monoisotopic (exact) mass is 370 g/mol. The molecule has 0 aliphatic carbocycles. The van der Waals surface area contributed by atoms with Crippen molar-refractivity contribution in [1.82, 2.24) is 0 Å². The van der Waals surface area contributed by atoms with Crippen LogP contribution in [-0.2, 0) is 9.47 Å². The SMILES string of the molecule is COCC1CN(c2ccc(C(=O)c3ccccc3)cc2[N+](=O)[O-])CC(C)O1. The number of carbonyl (C=O) groups is 1. The molecule has 0 N–H and O–H groups in total. The quantitative estimate of drug-likeness (QED) is 0.442. The van der Waals surface area contributed by atoms with Gasteiger partial charge < -0.3 is 14.4 Å². The van der Waals surface area contributed by atoms with Crippen LogP contribution in [0.2, 0.25) is 0 Å². The summed E-state index contributed by atoms with van der Waals surface area (Å²) in [5.74, 6) is -0.238. The minimum atomic E-state index is -0.442. The van der Waals surface area contributed by atoms with Crippen LogP contribution in [0.5, 0.6) is 0 Å². The van der Waals surface area contributed by atoms with Crippen LogP contribution in [0, 0.1) is 10.1 Å². The van der Waals surface area contributed by atoms with Crippen LogP contribution < -0.4 is 4.90 Å². The van der Waals surface area contributed by atoms with Crippen LogP contribution in [0.1, 0.15) is 22.8 Å². The number of carbonyl (C=O) groups excluding carboxylic acids is 1. The average molecular weight is 370 g/mol. The lowest BCUT2D eigenvalue weighted by Crippen LogP contribution is -2.48. The van der Waals surface area contributed by atoms with Crippen molar-refractivity contribution in [3.05, 3.63) is 69.8 Å². The molecule has 2 atom stereocenters. The molecule has 1 aliphatic heterocycles. The Hall–Kier alpha value is -2.77. The summed E-state index contributed by atoms with van der Waals surface area (Å²) in [6.45, 7) is 3.37. The van der Waals surface area contributed by atoms with E-state index < -0.39 is 4.92 Å². The molecule has 2 unspecified atom stereocenters. The van der Waals surface area contributed by atoms with Crippen molar-refractivity contribution in [3.63, 3.8) is 0 Å². The summed E-state index contributed by atoms with van der Waals surface area (Å²) in [6.07, 6.45) is -0.242. The highest BCUT2D eigenvalue weighted by Gasteiger charge is 2.30. The molecule has 0 saturated carbocycles. The van der Waals surface area contributed by atoms with Gasteiger partial charge in [0.25, 0.3) is 5.69 Å². The van der Waals surface area contributed by atoms with Gasteiger partial charge in [-0.25, -0.2) is 0 Å². The Morgan fingerprint density at radius 1 is 1.22 bits per heavy atom. The van der Waals surface area contributed by atoms with E-state index in [2.05, 4.69) is 0 Å². The van der Waals surface area contributed by atoms with Gasteiger partial charge in [0.2, 0.25) is 0 Å². The number of rotatable bonds is 6. The molecule has 27 heavy (non-hydrogen) atoms. The smallest absolute Gasteiger partial charge is 0.293 e. The molecule has 0 radical (unpaired) electrons. The van der Waals surface area contributed by atoms with Gasteiger partial charge in [-0.05, 0) is 19.1 Å². The Morgan fingerprint density at radius 3 is 2.63 bits per heavy atom. The Morgan fingerprint density at radius 2 is 1.96 bits per heavy atom. The van der Waals surface area contributed by atoms with Crippen LogP contribution >= 0.6 is 0 Å². The maximum atomic E-state index is 12.6. The Labute approximate surface area is 157 Å². The van der Waals surface area contributed by atoms with E-state index in [0.29, 0.717) is 36.5 Å². The third kappa shape index (κ3) is 4.32. The van der Waals surface area contributed by atoms with Crippen molar-refractivity contribution in [2.24, 2.45) is 0 Å². The number of ether oxygens (including phenoxy) is 2. The standard InChI is InChI=1S/C20H22N2O5/c1-14-11-21(12-17(27-14)13-26-2)18-9-8-16(10-19(18)22(24)25)20(23)15-6-4-3-5-7-15/h3-10,14,17H,11-13H2,1-2H3. The number of benzene rings is 2. The summed E-state index contributed by atoms with van der Waals surface area (Å²) in [4.78, 5) is 25.8.